The molecule has 0 aromatic heterocycles. The molecule has 0 bridgehead atoms. The van der Waals surface area contributed by atoms with Crippen LogP contribution in [-0.2, 0) is 9.53 Å². The van der Waals surface area contributed by atoms with Gasteiger partial charge >= 0.3 is 12.0 Å². The Balaban J connectivity index is 2.31. The van der Waals surface area contributed by atoms with Crippen LogP contribution < -0.4 is 10.6 Å². The molecule has 0 saturated carbocycles. The summed E-state index contributed by atoms with van der Waals surface area (Å²) >= 11 is 0. The molecule has 28 heavy (non-hydrogen) atoms. The van der Waals surface area contributed by atoms with Crippen molar-refractivity contribution in [1.29, 1.82) is 0 Å². The van der Waals surface area contributed by atoms with Gasteiger partial charge in [-0.2, -0.15) is 0 Å². The molecule has 3 amide bonds. The first-order valence-electron chi connectivity index (χ1n) is 8.43. The molecule has 9 nitrogen and oxygen atoms in total. The van der Waals surface area contributed by atoms with Crippen molar-refractivity contribution in [3.8, 4) is 0 Å². The number of nitrogens with one attached hydrogen (secondary N) is 2. The topological polar surface area (TPSA) is 128 Å². The van der Waals surface area contributed by atoms with Gasteiger partial charge in [-0.1, -0.05) is 36.4 Å². The summed E-state index contributed by atoms with van der Waals surface area (Å²) in [7, 11) is 0. The molecule has 2 aromatic carbocycles. The third kappa shape index (κ3) is 4.91. The largest absolute Gasteiger partial charge is 0.444 e. The number of hydrogen-bond acceptors (Lipinski definition) is 6. The smallest absolute Gasteiger partial charge is 0.339 e. The Labute approximate surface area is 160 Å². The van der Waals surface area contributed by atoms with Crippen LogP contribution in [0, 0.1) is 17.0 Å². The van der Waals surface area contributed by atoms with E-state index in [4.69, 9.17) is 4.74 Å². The molecule has 2 aromatic rings. The highest BCUT2D eigenvalue weighted by Gasteiger charge is 2.28. The second-order valence-electron chi connectivity index (χ2n) is 5.75. The lowest BCUT2D eigenvalue weighted by molar-refractivity contribution is -0.385. The van der Waals surface area contributed by atoms with Crippen molar-refractivity contribution >= 4 is 23.6 Å². The summed E-state index contributed by atoms with van der Waals surface area (Å²) in [6.45, 7) is 3.41. The number of hydrogen-bond donors (Lipinski definition) is 2. The minimum Gasteiger partial charge on any atom is -0.444 e. The van der Waals surface area contributed by atoms with Gasteiger partial charge < -0.3 is 10.1 Å². The van der Waals surface area contributed by atoms with Gasteiger partial charge in [0.25, 0.3) is 11.6 Å². The first-order valence-corrected chi connectivity index (χ1v) is 8.43. The average Bonchev–Trinajstić information content (AvgIpc) is 2.66. The highest BCUT2D eigenvalue weighted by Crippen LogP contribution is 2.25. The third-order valence-corrected chi connectivity index (χ3v) is 3.86. The minimum absolute atomic E-state index is 0.0408. The van der Waals surface area contributed by atoms with Gasteiger partial charge in [-0.3, -0.25) is 20.2 Å². The Hall–Kier alpha value is -3.75. The van der Waals surface area contributed by atoms with Gasteiger partial charge in [0.15, 0.2) is 0 Å². The van der Waals surface area contributed by atoms with E-state index in [1.807, 2.05) is 0 Å². The summed E-state index contributed by atoms with van der Waals surface area (Å²) in [5, 5.41) is 15.6. The molecule has 0 spiro atoms. The summed E-state index contributed by atoms with van der Waals surface area (Å²) < 4.78 is 5.33. The van der Waals surface area contributed by atoms with Crippen LogP contribution in [0.25, 0.3) is 0 Å². The molecule has 1 atom stereocenters. The second kappa shape index (κ2) is 9.26. The molecule has 0 fully saturated rings. The summed E-state index contributed by atoms with van der Waals surface area (Å²) in [6.07, 6.45) is -1.41. The zero-order valence-electron chi connectivity index (χ0n) is 15.3. The quantitative estimate of drug-likeness (QED) is 0.447. The molecule has 0 radical (unpaired) electrons. The molecule has 0 heterocycles. The SMILES string of the molecule is CCNC(=O)NC(=O)[C@H](OC(=O)c1cccc([N+](=O)[O-])c1C)c1ccccc1. The molecule has 2 rings (SSSR count). The Morgan fingerprint density at radius 3 is 2.39 bits per heavy atom. The van der Waals surface area contributed by atoms with Crippen molar-refractivity contribution in [3.63, 3.8) is 0 Å². The van der Waals surface area contributed by atoms with E-state index in [1.165, 1.54) is 25.1 Å². The number of benzene rings is 2. The van der Waals surface area contributed by atoms with Crippen molar-refractivity contribution in [2.45, 2.75) is 20.0 Å². The van der Waals surface area contributed by atoms with Gasteiger partial charge in [-0.05, 0) is 19.9 Å². The number of esters is 1. The Morgan fingerprint density at radius 2 is 1.79 bits per heavy atom. The van der Waals surface area contributed by atoms with E-state index < -0.39 is 28.9 Å². The van der Waals surface area contributed by atoms with Crippen LogP contribution in [0.4, 0.5) is 10.5 Å². The Kier molecular flexibility index (Phi) is 6.80. The highest BCUT2D eigenvalue weighted by molar-refractivity contribution is 5.99. The van der Waals surface area contributed by atoms with Gasteiger partial charge in [0.05, 0.1) is 10.5 Å². The number of rotatable bonds is 6. The van der Waals surface area contributed by atoms with Gasteiger partial charge in [-0.25, -0.2) is 9.59 Å². The molecule has 0 aliphatic heterocycles. The van der Waals surface area contributed by atoms with Crippen LogP contribution in [0.2, 0.25) is 0 Å². The zero-order valence-corrected chi connectivity index (χ0v) is 15.3. The maximum Gasteiger partial charge on any atom is 0.339 e. The van der Waals surface area contributed by atoms with Crippen LogP contribution in [0.1, 0.15) is 34.5 Å². The molecule has 0 unspecified atom stereocenters. The normalized spacial score (nSPS) is 11.2. The number of imide groups is 1. The lowest BCUT2D eigenvalue weighted by atomic mass is 10.1. The van der Waals surface area contributed by atoms with E-state index >= 15 is 0 Å². The monoisotopic (exact) mass is 385 g/mol. The van der Waals surface area contributed by atoms with Crippen LogP contribution in [0.5, 0.6) is 0 Å². The van der Waals surface area contributed by atoms with Crippen LogP contribution in [0.15, 0.2) is 48.5 Å². The lowest BCUT2D eigenvalue weighted by Gasteiger charge is -2.18. The van der Waals surface area contributed by atoms with Crippen molar-refractivity contribution in [1.82, 2.24) is 10.6 Å². The van der Waals surface area contributed by atoms with Gasteiger partial charge in [-0.15, -0.1) is 0 Å². The van der Waals surface area contributed by atoms with Crippen LogP contribution >= 0.6 is 0 Å². The maximum absolute atomic E-state index is 12.6. The number of carbonyl (C=O) groups excluding carboxylic acids is 3. The highest BCUT2D eigenvalue weighted by atomic mass is 16.6. The van der Waals surface area contributed by atoms with Crippen molar-refractivity contribution in [2.24, 2.45) is 0 Å². The van der Waals surface area contributed by atoms with E-state index in [0.717, 1.165) is 0 Å². The van der Waals surface area contributed by atoms with Crippen LogP contribution in [-0.4, -0.2) is 29.4 Å². The number of nitro benzene ring substituents is 1. The molecular formula is C19H19N3O6. The summed E-state index contributed by atoms with van der Waals surface area (Å²) in [4.78, 5) is 47.2. The first kappa shape index (κ1) is 20.6. The van der Waals surface area contributed by atoms with E-state index in [0.29, 0.717) is 12.1 Å². The number of carbonyl (C=O) groups is 3. The molecule has 9 heteroatoms. The Bertz CT molecular complexity index is 898. The summed E-state index contributed by atoms with van der Waals surface area (Å²) in [5.41, 5.74) is 0.188. The zero-order chi connectivity index (χ0) is 20.7. The molecule has 146 valence electrons. The van der Waals surface area contributed by atoms with Gasteiger partial charge in [0.1, 0.15) is 0 Å². The fraction of sp³-hybridized carbons (Fsp3) is 0.211. The van der Waals surface area contributed by atoms with Crippen molar-refractivity contribution < 1.29 is 24.0 Å². The predicted molar refractivity (Wildman–Crippen MR) is 99.6 cm³/mol. The average molecular weight is 385 g/mol. The van der Waals surface area contributed by atoms with E-state index in [2.05, 4.69) is 10.6 Å². The molecule has 0 aliphatic carbocycles. The number of nitro groups is 1. The van der Waals surface area contributed by atoms with Crippen LogP contribution in [0.3, 0.4) is 0 Å². The molecule has 0 aliphatic rings. The number of amides is 3. The van der Waals surface area contributed by atoms with E-state index in [9.17, 15) is 24.5 Å². The summed E-state index contributed by atoms with van der Waals surface area (Å²) in [6, 6.07) is 11.4. The number of ether oxygens (including phenoxy) is 1. The summed E-state index contributed by atoms with van der Waals surface area (Å²) in [5.74, 6) is -1.75. The number of nitrogens with zero attached hydrogens (tertiary/aromatic N) is 1. The van der Waals surface area contributed by atoms with Crippen molar-refractivity contribution in [3.05, 3.63) is 75.3 Å². The molecule has 0 saturated heterocycles. The van der Waals surface area contributed by atoms with Crippen molar-refractivity contribution in [2.75, 3.05) is 6.54 Å². The third-order valence-electron chi connectivity index (χ3n) is 3.86. The maximum atomic E-state index is 12.6. The predicted octanol–water partition coefficient (Wildman–Crippen LogP) is 2.65. The van der Waals surface area contributed by atoms with E-state index in [-0.39, 0.29) is 16.8 Å². The number of urea groups is 1. The lowest BCUT2D eigenvalue weighted by Crippen LogP contribution is -2.42. The minimum atomic E-state index is -1.41. The second-order valence-corrected chi connectivity index (χ2v) is 5.75. The standard InChI is InChI=1S/C19H19N3O6/c1-3-20-19(25)21-17(23)16(13-8-5-4-6-9-13)28-18(24)14-10-7-11-15(12(14)2)22(26)27/h4-11,16H,3H2,1-2H3,(H2,20,21,23,25)/t16-/m1/s1. The fourth-order valence-corrected chi connectivity index (χ4v) is 2.50. The van der Waals surface area contributed by atoms with E-state index in [1.54, 1.807) is 37.3 Å². The Morgan fingerprint density at radius 1 is 1.11 bits per heavy atom. The molecular weight excluding hydrogens is 366 g/mol. The fourth-order valence-electron chi connectivity index (χ4n) is 2.50. The van der Waals surface area contributed by atoms with Gasteiger partial charge in [0.2, 0.25) is 6.10 Å². The van der Waals surface area contributed by atoms with Gasteiger partial charge in [0, 0.05) is 23.7 Å². The molecule has 2 N–H and O–H groups in total. The first-order chi connectivity index (χ1) is 13.3.